The first-order chi connectivity index (χ1) is 12.2. The first-order valence-corrected chi connectivity index (χ1v) is 8.45. The van der Waals surface area contributed by atoms with Crippen LogP contribution in [0.15, 0.2) is 48.7 Å². The van der Waals surface area contributed by atoms with Crippen molar-refractivity contribution >= 4 is 5.91 Å². The molecule has 1 aliphatic carbocycles. The SMILES string of the molecule is O=C(COc1ccccc1F)NC1CCC(Oc2ccccn2)CC1. The number of hydrogen-bond acceptors (Lipinski definition) is 4. The molecular weight excluding hydrogens is 323 g/mol. The van der Waals surface area contributed by atoms with Crippen LogP contribution in [0.1, 0.15) is 25.7 Å². The minimum Gasteiger partial charge on any atom is -0.481 e. The topological polar surface area (TPSA) is 60.5 Å². The maximum Gasteiger partial charge on any atom is 0.258 e. The van der Waals surface area contributed by atoms with E-state index in [1.54, 1.807) is 18.3 Å². The summed E-state index contributed by atoms with van der Waals surface area (Å²) < 4.78 is 24.5. The summed E-state index contributed by atoms with van der Waals surface area (Å²) in [5, 5.41) is 2.94. The lowest BCUT2D eigenvalue weighted by atomic mass is 9.93. The van der Waals surface area contributed by atoms with Gasteiger partial charge in [0.05, 0.1) is 0 Å². The Hall–Kier alpha value is -2.63. The van der Waals surface area contributed by atoms with E-state index in [1.165, 1.54) is 12.1 Å². The average Bonchev–Trinajstić information content (AvgIpc) is 2.64. The fourth-order valence-electron chi connectivity index (χ4n) is 2.89. The molecule has 2 aromatic rings. The van der Waals surface area contributed by atoms with Gasteiger partial charge in [-0.05, 0) is 43.9 Å². The Bertz CT molecular complexity index is 688. The van der Waals surface area contributed by atoms with E-state index < -0.39 is 5.82 Å². The highest BCUT2D eigenvalue weighted by Gasteiger charge is 2.24. The van der Waals surface area contributed by atoms with Gasteiger partial charge in [-0.1, -0.05) is 18.2 Å². The second-order valence-electron chi connectivity index (χ2n) is 6.05. The van der Waals surface area contributed by atoms with Crippen LogP contribution in [0.4, 0.5) is 4.39 Å². The number of carbonyl (C=O) groups is 1. The van der Waals surface area contributed by atoms with Crippen molar-refractivity contribution in [3.8, 4) is 11.6 Å². The Morgan fingerprint density at radius 2 is 1.88 bits per heavy atom. The van der Waals surface area contributed by atoms with Crippen LogP contribution in [-0.4, -0.2) is 29.6 Å². The summed E-state index contributed by atoms with van der Waals surface area (Å²) in [5.74, 6) is 0.0122. The quantitative estimate of drug-likeness (QED) is 0.875. The van der Waals surface area contributed by atoms with E-state index in [0.717, 1.165) is 25.7 Å². The lowest BCUT2D eigenvalue weighted by molar-refractivity contribution is -0.124. The second-order valence-corrected chi connectivity index (χ2v) is 6.05. The summed E-state index contributed by atoms with van der Waals surface area (Å²) in [6.07, 6.45) is 5.21. The maximum atomic E-state index is 13.4. The monoisotopic (exact) mass is 344 g/mol. The third-order valence-electron chi connectivity index (χ3n) is 4.16. The highest BCUT2D eigenvalue weighted by Crippen LogP contribution is 2.23. The summed E-state index contributed by atoms with van der Waals surface area (Å²) in [6.45, 7) is -0.189. The van der Waals surface area contributed by atoms with Crippen molar-refractivity contribution in [2.75, 3.05) is 6.61 Å². The first kappa shape index (κ1) is 17.2. The number of halogens is 1. The van der Waals surface area contributed by atoms with Gasteiger partial charge in [0.1, 0.15) is 6.10 Å². The van der Waals surface area contributed by atoms with E-state index in [4.69, 9.17) is 9.47 Å². The molecule has 0 radical (unpaired) electrons. The molecule has 0 spiro atoms. The molecule has 1 fully saturated rings. The van der Waals surface area contributed by atoms with Crippen molar-refractivity contribution in [2.45, 2.75) is 37.8 Å². The number of hydrogen-bond donors (Lipinski definition) is 1. The molecule has 1 aromatic heterocycles. The minimum atomic E-state index is -0.470. The lowest BCUT2D eigenvalue weighted by Crippen LogP contribution is -2.41. The molecule has 1 aromatic carbocycles. The van der Waals surface area contributed by atoms with Crippen LogP contribution in [0.5, 0.6) is 11.6 Å². The standard InChI is InChI=1S/C19H21FN2O3/c20-16-5-1-2-6-17(16)24-13-18(23)22-14-8-10-15(11-9-14)25-19-7-3-4-12-21-19/h1-7,12,14-15H,8-11,13H2,(H,22,23). The number of benzene rings is 1. The molecule has 0 unspecified atom stereocenters. The number of rotatable bonds is 6. The molecule has 1 saturated carbocycles. The van der Waals surface area contributed by atoms with E-state index in [0.29, 0.717) is 5.88 Å². The normalized spacial score (nSPS) is 19.9. The molecule has 1 aliphatic rings. The van der Waals surface area contributed by atoms with Crippen LogP contribution in [0.3, 0.4) is 0 Å². The van der Waals surface area contributed by atoms with Crippen LogP contribution in [-0.2, 0) is 4.79 Å². The van der Waals surface area contributed by atoms with Crippen molar-refractivity contribution in [3.63, 3.8) is 0 Å². The highest BCUT2D eigenvalue weighted by molar-refractivity contribution is 5.77. The molecule has 6 heteroatoms. The van der Waals surface area contributed by atoms with Gasteiger partial charge in [-0.15, -0.1) is 0 Å². The van der Waals surface area contributed by atoms with Crippen molar-refractivity contribution < 1.29 is 18.7 Å². The van der Waals surface area contributed by atoms with E-state index in [1.807, 2.05) is 18.2 Å². The number of nitrogens with one attached hydrogen (secondary N) is 1. The molecule has 0 atom stereocenters. The highest BCUT2D eigenvalue weighted by atomic mass is 19.1. The average molecular weight is 344 g/mol. The van der Waals surface area contributed by atoms with Crippen LogP contribution >= 0.6 is 0 Å². The van der Waals surface area contributed by atoms with Crippen LogP contribution in [0.2, 0.25) is 0 Å². The number of para-hydroxylation sites is 1. The van der Waals surface area contributed by atoms with Crippen LogP contribution in [0, 0.1) is 5.82 Å². The molecule has 1 N–H and O–H groups in total. The van der Waals surface area contributed by atoms with Crippen molar-refractivity contribution in [2.24, 2.45) is 0 Å². The smallest absolute Gasteiger partial charge is 0.258 e. The van der Waals surface area contributed by atoms with Crippen LogP contribution < -0.4 is 14.8 Å². The first-order valence-electron chi connectivity index (χ1n) is 8.45. The minimum absolute atomic E-state index is 0.0881. The molecule has 0 bridgehead atoms. The van der Waals surface area contributed by atoms with E-state index >= 15 is 0 Å². The zero-order valence-electron chi connectivity index (χ0n) is 13.9. The Labute approximate surface area is 146 Å². The summed E-state index contributed by atoms with van der Waals surface area (Å²) in [6, 6.07) is 11.7. The van der Waals surface area contributed by atoms with E-state index in [2.05, 4.69) is 10.3 Å². The van der Waals surface area contributed by atoms with Gasteiger partial charge in [0.25, 0.3) is 5.91 Å². The van der Waals surface area contributed by atoms with E-state index in [9.17, 15) is 9.18 Å². The Morgan fingerprint density at radius 3 is 2.60 bits per heavy atom. The lowest BCUT2D eigenvalue weighted by Gasteiger charge is -2.29. The molecule has 1 amide bonds. The molecule has 1 heterocycles. The summed E-state index contributed by atoms with van der Waals surface area (Å²) in [7, 11) is 0. The number of aromatic nitrogens is 1. The number of nitrogens with zero attached hydrogens (tertiary/aromatic N) is 1. The molecule has 5 nitrogen and oxygen atoms in total. The predicted molar refractivity (Wildman–Crippen MR) is 90.9 cm³/mol. The van der Waals surface area contributed by atoms with E-state index in [-0.39, 0.29) is 30.4 Å². The third kappa shape index (κ3) is 5.17. The fraction of sp³-hybridized carbons (Fsp3) is 0.368. The second kappa shape index (κ2) is 8.46. The number of amides is 1. The molecular formula is C19H21FN2O3. The third-order valence-corrected chi connectivity index (χ3v) is 4.16. The predicted octanol–water partition coefficient (Wildman–Crippen LogP) is 3.11. The van der Waals surface area contributed by atoms with Gasteiger partial charge in [-0.25, -0.2) is 9.37 Å². The van der Waals surface area contributed by atoms with Gasteiger partial charge in [-0.3, -0.25) is 4.79 Å². The fourth-order valence-corrected chi connectivity index (χ4v) is 2.89. The molecule has 132 valence electrons. The molecule has 25 heavy (non-hydrogen) atoms. The molecule has 0 aliphatic heterocycles. The van der Waals surface area contributed by atoms with Gasteiger partial charge >= 0.3 is 0 Å². The van der Waals surface area contributed by atoms with Crippen molar-refractivity contribution in [1.29, 1.82) is 0 Å². The zero-order chi connectivity index (χ0) is 17.5. The number of carbonyl (C=O) groups excluding carboxylic acids is 1. The maximum absolute atomic E-state index is 13.4. The van der Waals surface area contributed by atoms with Crippen LogP contribution in [0.25, 0.3) is 0 Å². The number of pyridine rings is 1. The Kier molecular flexibility index (Phi) is 5.82. The van der Waals surface area contributed by atoms with Gasteiger partial charge < -0.3 is 14.8 Å². The van der Waals surface area contributed by atoms with Gasteiger partial charge in [0.2, 0.25) is 5.88 Å². The largest absolute Gasteiger partial charge is 0.481 e. The van der Waals surface area contributed by atoms with Gasteiger partial charge in [-0.2, -0.15) is 0 Å². The molecule has 0 saturated heterocycles. The summed E-state index contributed by atoms with van der Waals surface area (Å²) in [5.41, 5.74) is 0. The van der Waals surface area contributed by atoms with Gasteiger partial charge in [0.15, 0.2) is 18.2 Å². The Morgan fingerprint density at radius 1 is 1.12 bits per heavy atom. The van der Waals surface area contributed by atoms with Crippen molar-refractivity contribution in [1.82, 2.24) is 10.3 Å². The molecule has 3 rings (SSSR count). The zero-order valence-corrected chi connectivity index (χ0v) is 13.9. The summed E-state index contributed by atoms with van der Waals surface area (Å²) in [4.78, 5) is 16.1. The van der Waals surface area contributed by atoms with Crippen molar-refractivity contribution in [3.05, 3.63) is 54.5 Å². The summed E-state index contributed by atoms with van der Waals surface area (Å²) >= 11 is 0. The Balaban J connectivity index is 1.38. The van der Waals surface area contributed by atoms with Gasteiger partial charge in [0, 0.05) is 18.3 Å². The number of ether oxygens (including phenoxy) is 2.